The molecule has 2 heterocycles. The van der Waals surface area contributed by atoms with Crippen molar-refractivity contribution in [3.05, 3.63) is 60.0 Å². The Kier molecular flexibility index (Phi) is 7.15. The van der Waals surface area contributed by atoms with Gasteiger partial charge in [-0.1, -0.05) is 30.3 Å². The van der Waals surface area contributed by atoms with Gasteiger partial charge in [0.1, 0.15) is 0 Å². The second-order valence-corrected chi connectivity index (χ2v) is 9.80. The number of rotatable bonds is 8. The van der Waals surface area contributed by atoms with Crippen molar-refractivity contribution >= 4 is 38.1 Å². The molecule has 0 spiro atoms. The molecule has 2 aromatic carbocycles. The predicted molar refractivity (Wildman–Crippen MR) is 125 cm³/mol. The molecule has 32 heavy (non-hydrogen) atoms. The predicted octanol–water partition coefficient (Wildman–Crippen LogP) is 2.95. The Balaban J connectivity index is 1.28. The third-order valence-corrected chi connectivity index (χ3v) is 7.31. The third kappa shape index (κ3) is 5.71. The number of amides is 1. The summed E-state index contributed by atoms with van der Waals surface area (Å²) in [5, 5.41) is 5.80. The smallest absolute Gasteiger partial charge is 0.240 e. The van der Waals surface area contributed by atoms with E-state index in [1.807, 2.05) is 29.6 Å². The minimum Gasteiger partial charge on any atom is -0.378 e. The summed E-state index contributed by atoms with van der Waals surface area (Å²) in [5.41, 5.74) is 2.51. The van der Waals surface area contributed by atoms with Crippen molar-refractivity contribution in [2.75, 3.05) is 43.1 Å². The van der Waals surface area contributed by atoms with Gasteiger partial charge in [0, 0.05) is 42.7 Å². The highest BCUT2D eigenvalue weighted by Gasteiger charge is 2.16. The first-order valence-corrected chi connectivity index (χ1v) is 12.6. The maximum atomic E-state index is 12.2. The molecule has 0 saturated carbocycles. The van der Waals surface area contributed by atoms with Crippen molar-refractivity contribution in [2.24, 2.45) is 0 Å². The second kappa shape index (κ2) is 10.2. The van der Waals surface area contributed by atoms with Crippen LogP contribution in [0.2, 0.25) is 0 Å². The molecule has 0 aliphatic carbocycles. The fraction of sp³-hybridized carbons (Fsp3) is 0.273. The van der Waals surface area contributed by atoms with E-state index >= 15 is 0 Å². The third-order valence-electron chi connectivity index (χ3n) is 4.94. The van der Waals surface area contributed by atoms with Crippen LogP contribution < -0.4 is 14.9 Å². The van der Waals surface area contributed by atoms with Gasteiger partial charge in [-0.15, -0.1) is 11.3 Å². The van der Waals surface area contributed by atoms with Crippen molar-refractivity contribution in [3.8, 4) is 11.3 Å². The van der Waals surface area contributed by atoms with Gasteiger partial charge >= 0.3 is 0 Å². The minimum atomic E-state index is -3.62. The molecule has 3 aromatic rings. The monoisotopic (exact) mass is 472 g/mol. The molecule has 4 rings (SSSR count). The molecule has 0 atom stereocenters. The molecule has 1 amide bonds. The summed E-state index contributed by atoms with van der Waals surface area (Å²) in [4.78, 5) is 19.3. The van der Waals surface area contributed by atoms with Crippen LogP contribution in [-0.2, 0) is 19.6 Å². The van der Waals surface area contributed by atoms with Crippen molar-refractivity contribution in [1.82, 2.24) is 9.71 Å². The largest absolute Gasteiger partial charge is 0.378 e. The van der Waals surface area contributed by atoms with Gasteiger partial charge in [0.2, 0.25) is 15.9 Å². The number of nitrogens with zero attached hydrogens (tertiary/aromatic N) is 2. The number of ether oxygens (including phenoxy) is 1. The van der Waals surface area contributed by atoms with Gasteiger partial charge in [0.15, 0.2) is 5.13 Å². The number of carbonyl (C=O) groups is 1. The lowest BCUT2D eigenvalue weighted by atomic mass is 10.1. The number of carbonyl (C=O) groups excluding carboxylic acids is 1. The number of sulfonamides is 1. The molecule has 1 aliphatic heterocycles. The summed E-state index contributed by atoms with van der Waals surface area (Å²) in [6.45, 7) is 3.15. The zero-order valence-electron chi connectivity index (χ0n) is 17.4. The van der Waals surface area contributed by atoms with Gasteiger partial charge in [-0.05, 0) is 24.3 Å². The van der Waals surface area contributed by atoms with Crippen molar-refractivity contribution in [1.29, 1.82) is 0 Å². The number of hydrogen-bond donors (Lipinski definition) is 2. The summed E-state index contributed by atoms with van der Waals surface area (Å²) in [6.07, 6.45) is 0.0306. The Hall–Kier alpha value is -2.79. The quantitative estimate of drug-likeness (QED) is 0.523. The molecule has 168 valence electrons. The summed E-state index contributed by atoms with van der Waals surface area (Å²) in [6, 6.07) is 15.5. The Morgan fingerprint density at radius 3 is 2.50 bits per heavy atom. The average molecular weight is 473 g/mol. The Morgan fingerprint density at radius 2 is 1.78 bits per heavy atom. The van der Waals surface area contributed by atoms with Crippen LogP contribution in [0.25, 0.3) is 11.3 Å². The van der Waals surface area contributed by atoms with E-state index in [0.717, 1.165) is 42.7 Å². The molecule has 0 bridgehead atoms. The van der Waals surface area contributed by atoms with E-state index < -0.39 is 10.0 Å². The van der Waals surface area contributed by atoms with E-state index in [1.54, 1.807) is 29.5 Å². The first-order valence-electron chi connectivity index (χ1n) is 10.2. The highest BCUT2D eigenvalue weighted by molar-refractivity contribution is 7.89. The molecule has 1 saturated heterocycles. The number of benzene rings is 2. The average Bonchev–Trinajstić information content (AvgIpc) is 3.31. The standard InChI is InChI=1S/C22H24N4O4S2/c27-21(10-11-23-32(28,29)19-4-2-1-3-5-19)24-18-8-6-17(7-9-18)20-16-31-22(25-20)26-12-14-30-15-13-26/h1-9,16,23H,10-15H2,(H,24,27). The van der Waals surface area contributed by atoms with Gasteiger partial charge in [-0.2, -0.15) is 0 Å². The van der Waals surface area contributed by atoms with Crippen LogP contribution in [0.4, 0.5) is 10.8 Å². The maximum absolute atomic E-state index is 12.2. The van der Waals surface area contributed by atoms with Gasteiger partial charge < -0.3 is 15.0 Å². The number of morpholine rings is 1. The molecular formula is C22H24N4O4S2. The number of aromatic nitrogens is 1. The van der Waals surface area contributed by atoms with E-state index in [4.69, 9.17) is 9.72 Å². The first-order chi connectivity index (χ1) is 15.5. The molecule has 10 heteroatoms. The minimum absolute atomic E-state index is 0.0181. The van der Waals surface area contributed by atoms with Gasteiger partial charge in [0.05, 0.1) is 23.8 Å². The van der Waals surface area contributed by atoms with Crippen LogP contribution in [0.15, 0.2) is 64.9 Å². The van der Waals surface area contributed by atoms with Crippen LogP contribution in [0, 0.1) is 0 Å². The van der Waals surface area contributed by atoms with E-state index in [-0.39, 0.29) is 23.8 Å². The van der Waals surface area contributed by atoms with Gasteiger partial charge in [-0.25, -0.2) is 18.1 Å². The topological polar surface area (TPSA) is 101 Å². The summed E-state index contributed by atoms with van der Waals surface area (Å²) < 4.78 is 32.2. The van der Waals surface area contributed by atoms with Crippen LogP contribution in [0.3, 0.4) is 0 Å². The van der Waals surface area contributed by atoms with E-state index in [2.05, 4.69) is 14.9 Å². The molecule has 1 aliphatic rings. The second-order valence-electron chi connectivity index (χ2n) is 7.20. The zero-order chi connectivity index (χ0) is 22.4. The van der Waals surface area contributed by atoms with Gasteiger partial charge in [0.25, 0.3) is 0 Å². The van der Waals surface area contributed by atoms with Crippen LogP contribution in [-0.4, -0.2) is 52.2 Å². The fourth-order valence-electron chi connectivity index (χ4n) is 3.23. The lowest BCUT2D eigenvalue weighted by molar-refractivity contribution is -0.116. The van der Waals surface area contributed by atoms with Crippen LogP contribution in [0.1, 0.15) is 6.42 Å². The van der Waals surface area contributed by atoms with Crippen molar-refractivity contribution in [3.63, 3.8) is 0 Å². The Morgan fingerprint density at radius 1 is 1.06 bits per heavy atom. The fourth-order valence-corrected chi connectivity index (χ4v) is 5.17. The molecule has 0 radical (unpaired) electrons. The number of nitrogens with one attached hydrogen (secondary N) is 2. The Bertz CT molecular complexity index is 1140. The lowest BCUT2D eigenvalue weighted by Crippen LogP contribution is -2.36. The molecule has 8 nitrogen and oxygen atoms in total. The maximum Gasteiger partial charge on any atom is 0.240 e. The van der Waals surface area contributed by atoms with E-state index in [0.29, 0.717) is 5.69 Å². The Labute approximate surface area is 191 Å². The van der Waals surface area contributed by atoms with Crippen LogP contribution >= 0.6 is 11.3 Å². The molecular weight excluding hydrogens is 448 g/mol. The molecule has 1 aromatic heterocycles. The summed E-state index contributed by atoms with van der Waals surface area (Å²) in [7, 11) is -3.62. The summed E-state index contributed by atoms with van der Waals surface area (Å²) >= 11 is 1.61. The molecule has 0 unspecified atom stereocenters. The van der Waals surface area contributed by atoms with Crippen molar-refractivity contribution < 1.29 is 17.9 Å². The number of thiazole rings is 1. The molecule has 1 fully saturated rings. The number of hydrogen-bond acceptors (Lipinski definition) is 7. The van der Waals surface area contributed by atoms with Crippen LogP contribution in [0.5, 0.6) is 0 Å². The van der Waals surface area contributed by atoms with E-state index in [1.165, 1.54) is 12.1 Å². The first kappa shape index (κ1) is 22.4. The lowest BCUT2D eigenvalue weighted by Gasteiger charge is -2.26. The highest BCUT2D eigenvalue weighted by Crippen LogP contribution is 2.28. The normalized spacial score (nSPS) is 14.3. The van der Waals surface area contributed by atoms with Crippen molar-refractivity contribution in [2.45, 2.75) is 11.3 Å². The SMILES string of the molecule is O=C(CCNS(=O)(=O)c1ccccc1)Nc1ccc(-c2csc(N3CCOCC3)n2)cc1. The number of anilines is 2. The zero-order valence-corrected chi connectivity index (χ0v) is 19.0. The summed E-state index contributed by atoms with van der Waals surface area (Å²) in [5.74, 6) is -0.267. The highest BCUT2D eigenvalue weighted by atomic mass is 32.2. The van der Waals surface area contributed by atoms with Gasteiger partial charge in [-0.3, -0.25) is 4.79 Å². The molecule has 2 N–H and O–H groups in total. The van der Waals surface area contributed by atoms with E-state index in [9.17, 15) is 13.2 Å².